The van der Waals surface area contributed by atoms with Crippen molar-refractivity contribution in [2.45, 2.75) is 12.5 Å². The average Bonchev–Trinajstić information content (AvgIpc) is 3.35. The van der Waals surface area contributed by atoms with E-state index in [0.717, 1.165) is 0 Å². The highest BCUT2D eigenvalue weighted by Gasteiger charge is 2.41. The molecule has 2 aromatic carbocycles. The van der Waals surface area contributed by atoms with Gasteiger partial charge in [0.25, 0.3) is 0 Å². The lowest BCUT2D eigenvalue weighted by Crippen LogP contribution is -2.22. The van der Waals surface area contributed by atoms with Gasteiger partial charge < -0.3 is 4.74 Å². The van der Waals surface area contributed by atoms with Gasteiger partial charge in [-0.25, -0.2) is 4.68 Å². The van der Waals surface area contributed by atoms with Gasteiger partial charge >= 0.3 is 0 Å². The molecule has 1 aliphatic heterocycles. The molecule has 8 heteroatoms. The Hall–Kier alpha value is -2.96. The Morgan fingerprint density at radius 3 is 2.64 bits per heavy atom. The van der Waals surface area contributed by atoms with Gasteiger partial charge in [-0.05, 0) is 18.2 Å². The topological polar surface area (TPSA) is 74.1 Å². The molecule has 1 aromatic heterocycles. The van der Waals surface area contributed by atoms with E-state index in [4.69, 9.17) is 27.9 Å². The molecule has 5 rings (SSSR count). The summed E-state index contributed by atoms with van der Waals surface area (Å²) in [7, 11) is 0. The summed E-state index contributed by atoms with van der Waals surface area (Å²) in [6.07, 6.45) is 1.43. The van der Waals surface area contributed by atoms with Crippen LogP contribution in [0.3, 0.4) is 0 Å². The summed E-state index contributed by atoms with van der Waals surface area (Å²) in [5, 5.41) is 9.26. The van der Waals surface area contributed by atoms with Gasteiger partial charge in [0.15, 0.2) is 0 Å². The number of halogens is 2. The highest BCUT2D eigenvalue weighted by molar-refractivity contribution is 6.52. The van der Waals surface area contributed by atoms with Gasteiger partial charge in [0.05, 0.1) is 22.5 Å². The maximum absolute atomic E-state index is 12.5. The third-order valence-electron chi connectivity index (χ3n) is 4.82. The Morgan fingerprint density at radius 2 is 1.82 bits per heavy atom. The number of hydrogen-bond donors (Lipinski definition) is 0. The number of ketones is 2. The normalized spacial score (nSPS) is 18.1. The fraction of sp³-hybridized carbons (Fsp3) is 0.100. The Labute approximate surface area is 169 Å². The number of carbonyl (C=O) groups is 2. The second-order valence-electron chi connectivity index (χ2n) is 6.51. The van der Waals surface area contributed by atoms with E-state index in [1.807, 2.05) is 0 Å². The van der Waals surface area contributed by atoms with Gasteiger partial charge in [0.2, 0.25) is 11.6 Å². The monoisotopic (exact) mass is 411 g/mol. The molecule has 0 N–H and O–H groups in total. The van der Waals surface area contributed by atoms with E-state index in [0.29, 0.717) is 43.9 Å². The Morgan fingerprint density at radius 1 is 1.04 bits per heavy atom. The summed E-state index contributed by atoms with van der Waals surface area (Å²) in [6, 6.07) is 12.0. The van der Waals surface area contributed by atoms with Crippen LogP contribution in [0, 0.1) is 0 Å². The summed E-state index contributed by atoms with van der Waals surface area (Å²) < 4.78 is 7.54. The van der Waals surface area contributed by atoms with E-state index >= 15 is 0 Å². The van der Waals surface area contributed by atoms with E-state index < -0.39 is 17.7 Å². The van der Waals surface area contributed by atoms with E-state index in [2.05, 4.69) is 10.3 Å². The van der Waals surface area contributed by atoms with Crippen LogP contribution in [0.4, 0.5) is 0 Å². The minimum absolute atomic E-state index is 0.260. The van der Waals surface area contributed by atoms with Crippen molar-refractivity contribution in [1.29, 1.82) is 0 Å². The molecule has 1 unspecified atom stereocenters. The number of aromatic nitrogens is 3. The minimum Gasteiger partial charge on any atom is -0.483 e. The predicted octanol–water partition coefficient (Wildman–Crippen LogP) is 4.21. The number of fused-ring (bicyclic) bond motifs is 2. The SMILES string of the molecule is O=C1C(=O)c2ccccc2C2=C1CC(c1cn(-c3cc(Cl)ccc3Cl)nn1)O2. The van der Waals surface area contributed by atoms with Crippen molar-refractivity contribution in [1.82, 2.24) is 15.0 Å². The van der Waals surface area contributed by atoms with Gasteiger partial charge in [-0.3, -0.25) is 9.59 Å². The van der Waals surface area contributed by atoms with Gasteiger partial charge in [0, 0.05) is 22.6 Å². The largest absolute Gasteiger partial charge is 0.483 e. The lowest BCUT2D eigenvalue weighted by molar-refractivity contribution is -0.112. The van der Waals surface area contributed by atoms with Gasteiger partial charge in [-0.15, -0.1) is 5.10 Å². The van der Waals surface area contributed by atoms with Crippen LogP contribution in [0.2, 0.25) is 10.0 Å². The van der Waals surface area contributed by atoms with Crippen LogP contribution in [0.15, 0.2) is 54.2 Å². The maximum Gasteiger partial charge on any atom is 0.234 e. The molecule has 6 nitrogen and oxygen atoms in total. The zero-order chi connectivity index (χ0) is 19.4. The number of nitrogens with zero attached hydrogens (tertiary/aromatic N) is 3. The van der Waals surface area contributed by atoms with Crippen LogP contribution < -0.4 is 0 Å². The molecule has 138 valence electrons. The average molecular weight is 412 g/mol. The van der Waals surface area contributed by atoms with Crippen molar-refractivity contribution in [2.75, 3.05) is 0 Å². The van der Waals surface area contributed by atoms with E-state index in [1.165, 1.54) is 4.68 Å². The van der Waals surface area contributed by atoms with Crippen LogP contribution in [0.1, 0.15) is 34.1 Å². The van der Waals surface area contributed by atoms with Crippen LogP contribution in [0.5, 0.6) is 0 Å². The molecular weight excluding hydrogens is 401 g/mol. The van der Waals surface area contributed by atoms with Crippen molar-refractivity contribution in [3.8, 4) is 5.69 Å². The molecule has 0 fully saturated rings. The second-order valence-corrected chi connectivity index (χ2v) is 7.35. The number of carbonyl (C=O) groups excluding carboxylic acids is 2. The minimum atomic E-state index is -0.526. The van der Waals surface area contributed by atoms with Crippen molar-refractivity contribution in [3.63, 3.8) is 0 Å². The highest BCUT2D eigenvalue weighted by Crippen LogP contribution is 2.44. The van der Waals surface area contributed by atoms with E-state index in [-0.39, 0.29) is 6.42 Å². The Balaban J connectivity index is 1.49. The predicted molar refractivity (Wildman–Crippen MR) is 103 cm³/mol. The number of Topliss-reactive ketones (excluding diaryl/α,β-unsaturated/α-hetero) is 2. The fourth-order valence-electron chi connectivity index (χ4n) is 3.46. The molecule has 0 bridgehead atoms. The van der Waals surface area contributed by atoms with Crippen molar-refractivity contribution in [3.05, 3.63) is 81.1 Å². The molecule has 2 heterocycles. The lowest BCUT2D eigenvalue weighted by atomic mass is 9.87. The standard InChI is InChI=1S/C20H11Cl2N3O3/c21-10-5-6-14(22)16(7-10)25-9-15(23-24-25)17-8-13-19(27)18(26)11-3-1-2-4-12(11)20(13)28-17/h1-7,9,17H,8H2. The molecule has 3 aromatic rings. The third kappa shape index (κ3) is 2.57. The van der Waals surface area contributed by atoms with E-state index in [9.17, 15) is 9.59 Å². The van der Waals surface area contributed by atoms with Crippen LogP contribution in [0.25, 0.3) is 11.4 Å². The quantitative estimate of drug-likeness (QED) is 0.590. The van der Waals surface area contributed by atoms with E-state index in [1.54, 1.807) is 48.7 Å². The van der Waals surface area contributed by atoms with Gasteiger partial charge in [0.1, 0.15) is 17.6 Å². The van der Waals surface area contributed by atoms with Gasteiger partial charge in [-0.2, -0.15) is 0 Å². The summed E-state index contributed by atoms with van der Waals surface area (Å²) in [4.78, 5) is 24.9. The van der Waals surface area contributed by atoms with Crippen molar-refractivity contribution < 1.29 is 14.3 Å². The molecule has 1 atom stereocenters. The number of hydrogen-bond acceptors (Lipinski definition) is 5. The molecule has 0 saturated heterocycles. The van der Waals surface area contributed by atoms with Gasteiger partial charge in [-0.1, -0.05) is 52.7 Å². The fourth-order valence-corrected chi connectivity index (χ4v) is 3.83. The van der Waals surface area contributed by atoms with Crippen molar-refractivity contribution in [2.24, 2.45) is 0 Å². The molecule has 0 spiro atoms. The smallest absolute Gasteiger partial charge is 0.234 e. The zero-order valence-corrected chi connectivity index (χ0v) is 15.7. The summed E-state index contributed by atoms with van der Waals surface area (Å²) >= 11 is 12.3. The lowest BCUT2D eigenvalue weighted by Gasteiger charge is -2.15. The molecular formula is C20H11Cl2N3O3. The molecule has 0 radical (unpaired) electrons. The first-order valence-electron chi connectivity index (χ1n) is 8.49. The maximum atomic E-state index is 12.5. The summed E-state index contributed by atoms with van der Waals surface area (Å²) in [5.74, 6) is -0.588. The summed E-state index contributed by atoms with van der Waals surface area (Å²) in [6.45, 7) is 0. The first-order valence-corrected chi connectivity index (χ1v) is 9.24. The summed E-state index contributed by atoms with van der Waals surface area (Å²) in [5.41, 5.74) is 2.49. The molecule has 0 saturated carbocycles. The third-order valence-corrected chi connectivity index (χ3v) is 5.37. The van der Waals surface area contributed by atoms with Crippen LogP contribution in [-0.2, 0) is 9.53 Å². The van der Waals surface area contributed by atoms with Crippen LogP contribution >= 0.6 is 23.2 Å². The highest BCUT2D eigenvalue weighted by atomic mass is 35.5. The Bertz CT molecular complexity index is 1200. The number of ether oxygens (including phenoxy) is 1. The van der Waals surface area contributed by atoms with Crippen LogP contribution in [-0.4, -0.2) is 26.6 Å². The second kappa shape index (κ2) is 6.29. The first kappa shape index (κ1) is 17.2. The first-order chi connectivity index (χ1) is 13.5. The zero-order valence-electron chi connectivity index (χ0n) is 14.2. The molecule has 2 aliphatic rings. The number of benzene rings is 2. The Kier molecular flexibility index (Phi) is 3.86. The number of rotatable bonds is 2. The molecule has 1 aliphatic carbocycles. The molecule has 28 heavy (non-hydrogen) atoms. The molecule has 0 amide bonds. The van der Waals surface area contributed by atoms with Crippen molar-refractivity contribution >= 4 is 40.5 Å².